The van der Waals surface area contributed by atoms with E-state index in [1.165, 1.54) is 4.90 Å². The number of amides is 3. The summed E-state index contributed by atoms with van der Waals surface area (Å²) in [5.74, 6) is -0.588. The topological polar surface area (TPSA) is 158 Å². The van der Waals surface area contributed by atoms with Crippen molar-refractivity contribution in [3.8, 4) is 16.2 Å². The number of carbonyl (C=O) groups is 3. The summed E-state index contributed by atoms with van der Waals surface area (Å²) < 4.78 is 29.1. The van der Waals surface area contributed by atoms with Gasteiger partial charge in [0.25, 0.3) is 0 Å². The summed E-state index contributed by atoms with van der Waals surface area (Å²) in [7, 11) is -0.437. The van der Waals surface area contributed by atoms with Gasteiger partial charge in [0.1, 0.15) is 31.0 Å². The van der Waals surface area contributed by atoms with E-state index in [4.69, 9.17) is 23.5 Å². The van der Waals surface area contributed by atoms with Gasteiger partial charge in [0.2, 0.25) is 17.7 Å². The summed E-state index contributed by atoms with van der Waals surface area (Å²) in [6, 6.07) is 13.3. The van der Waals surface area contributed by atoms with E-state index in [0.717, 1.165) is 27.2 Å². The molecule has 15 heteroatoms. The molecule has 13 nitrogen and oxygen atoms in total. The molecule has 0 aliphatic carbocycles. The first-order chi connectivity index (χ1) is 26.4. The molecule has 56 heavy (non-hydrogen) atoms. The Morgan fingerprint density at radius 3 is 2.20 bits per heavy atom. The van der Waals surface area contributed by atoms with Crippen LogP contribution < -0.4 is 20.8 Å². The molecule has 2 aliphatic heterocycles. The highest BCUT2D eigenvalue weighted by atomic mass is 32.1. The van der Waals surface area contributed by atoms with Crippen molar-refractivity contribution in [1.82, 2.24) is 20.5 Å². The van der Waals surface area contributed by atoms with Gasteiger partial charge < -0.3 is 44.2 Å². The van der Waals surface area contributed by atoms with Crippen molar-refractivity contribution in [3.63, 3.8) is 0 Å². The SMILES string of the molecule is Cc1ncsc1-c1ccc(C(C)NC(=O)[C@H]2C[C@H](O)CN2C(=O)C(NC(=O)COCCOCCOc2ccc(B3OC(C)(C)C(C)(C)O3)cc2)C(C)(C)C)cc1. The van der Waals surface area contributed by atoms with Crippen LogP contribution in [0.15, 0.2) is 54.0 Å². The van der Waals surface area contributed by atoms with Crippen LogP contribution in [-0.4, -0.2) is 109 Å². The number of thiazole rings is 1. The molecule has 3 heterocycles. The van der Waals surface area contributed by atoms with Gasteiger partial charge in [0.15, 0.2) is 0 Å². The zero-order valence-corrected chi connectivity index (χ0v) is 34.9. The lowest BCUT2D eigenvalue weighted by atomic mass is 9.79. The van der Waals surface area contributed by atoms with Gasteiger partial charge in [-0.25, -0.2) is 4.98 Å². The van der Waals surface area contributed by atoms with E-state index < -0.39 is 53.7 Å². The van der Waals surface area contributed by atoms with Crippen molar-refractivity contribution in [2.45, 2.75) is 104 Å². The van der Waals surface area contributed by atoms with E-state index >= 15 is 0 Å². The molecular formula is C41H57BN4O9S. The van der Waals surface area contributed by atoms with Crippen molar-refractivity contribution in [1.29, 1.82) is 0 Å². The molecule has 2 unspecified atom stereocenters. The van der Waals surface area contributed by atoms with Crippen molar-refractivity contribution < 1.29 is 43.0 Å². The minimum absolute atomic E-state index is 0.0130. The number of β-amino-alcohol motifs (C(OH)–C–C–N with tert-alkyl or cyclic N) is 1. The molecule has 4 atom stereocenters. The maximum Gasteiger partial charge on any atom is 0.494 e. The number of nitrogens with zero attached hydrogens (tertiary/aromatic N) is 2. The molecule has 3 N–H and O–H groups in total. The average molecular weight is 793 g/mol. The Labute approximate surface area is 334 Å². The maximum absolute atomic E-state index is 14.0. The Kier molecular flexibility index (Phi) is 14.0. The number of nitrogens with one attached hydrogen (secondary N) is 2. The third kappa shape index (κ3) is 10.7. The lowest BCUT2D eigenvalue weighted by Gasteiger charge is -2.35. The Morgan fingerprint density at radius 1 is 0.964 bits per heavy atom. The quantitative estimate of drug-likeness (QED) is 0.142. The Morgan fingerprint density at radius 2 is 1.59 bits per heavy atom. The molecule has 304 valence electrons. The van der Waals surface area contributed by atoms with E-state index in [0.29, 0.717) is 19.0 Å². The first-order valence-electron chi connectivity index (χ1n) is 19.2. The number of aromatic nitrogens is 1. The summed E-state index contributed by atoms with van der Waals surface area (Å²) in [5, 5.41) is 16.4. The number of rotatable bonds is 16. The largest absolute Gasteiger partial charge is 0.494 e. The smallest absolute Gasteiger partial charge is 0.491 e. The van der Waals surface area contributed by atoms with Crippen molar-refractivity contribution in [2.24, 2.45) is 5.41 Å². The van der Waals surface area contributed by atoms with Gasteiger partial charge in [0.05, 0.1) is 59.3 Å². The van der Waals surface area contributed by atoms with Gasteiger partial charge >= 0.3 is 7.12 Å². The highest BCUT2D eigenvalue weighted by Gasteiger charge is 2.51. The number of benzene rings is 2. The summed E-state index contributed by atoms with van der Waals surface area (Å²) in [4.78, 5) is 47.3. The van der Waals surface area contributed by atoms with E-state index in [1.807, 2.05) is 116 Å². The van der Waals surface area contributed by atoms with Crippen molar-refractivity contribution in [3.05, 3.63) is 65.3 Å². The van der Waals surface area contributed by atoms with Crippen molar-refractivity contribution in [2.75, 3.05) is 39.6 Å². The Hall–Kier alpha value is -3.86. The number of carbonyl (C=O) groups excluding carboxylic acids is 3. The summed E-state index contributed by atoms with van der Waals surface area (Å²) >= 11 is 1.58. The Bertz CT molecular complexity index is 1780. The van der Waals surface area contributed by atoms with Crippen molar-refractivity contribution >= 4 is 41.6 Å². The van der Waals surface area contributed by atoms with E-state index in [2.05, 4.69) is 15.6 Å². The van der Waals surface area contributed by atoms with E-state index in [9.17, 15) is 19.5 Å². The summed E-state index contributed by atoms with van der Waals surface area (Å²) in [6.07, 6.45) is -0.772. The maximum atomic E-state index is 14.0. The lowest BCUT2D eigenvalue weighted by molar-refractivity contribution is -0.144. The number of aliphatic hydroxyl groups is 1. The highest BCUT2D eigenvalue weighted by Crippen LogP contribution is 2.36. The van der Waals surface area contributed by atoms with Crippen LogP contribution in [0, 0.1) is 12.3 Å². The van der Waals surface area contributed by atoms with Crippen LogP contribution in [0.2, 0.25) is 0 Å². The van der Waals surface area contributed by atoms with Crippen LogP contribution in [0.25, 0.3) is 10.4 Å². The summed E-state index contributed by atoms with van der Waals surface area (Å²) in [6.45, 7) is 18.2. The molecule has 0 bridgehead atoms. The minimum Gasteiger partial charge on any atom is -0.491 e. The number of hydrogen-bond acceptors (Lipinski definition) is 11. The molecule has 0 spiro atoms. The predicted molar refractivity (Wildman–Crippen MR) is 216 cm³/mol. The number of ether oxygens (including phenoxy) is 3. The number of hydrogen-bond donors (Lipinski definition) is 3. The molecule has 2 saturated heterocycles. The first-order valence-corrected chi connectivity index (χ1v) is 20.1. The zero-order valence-electron chi connectivity index (χ0n) is 34.0. The molecular weight excluding hydrogens is 735 g/mol. The molecule has 3 amide bonds. The summed E-state index contributed by atoms with van der Waals surface area (Å²) in [5.41, 5.74) is 4.14. The monoisotopic (exact) mass is 792 g/mol. The van der Waals surface area contributed by atoms with Gasteiger partial charge in [-0.15, -0.1) is 11.3 Å². The molecule has 0 radical (unpaired) electrons. The minimum atomic E-state index is -0.960. The number of likely N-dealkylation sites (tertiary alicyclic amines) is 1. The van der Waals surface area contributed by atoms with Crippen LogP contribution in [0.5, 0.6) is 5.75 Å². The van der Waals surface area contributed by atoms with Crippen LogP contribution in [0.1, 0.15) is 79.1 Å². The zero-order chi connectivity index (χ0) is 40.8. The van der Waals surface area contributed by atoms with Crippen LogP contribution >= 0.6 is 11.3 Å². The third-order valence-electron chi connectivity index (χ3n) is 10.6. The fourth-order valence-corrected chi connectivity index (χ4v) is 7.33. The third-order valence-corrected chi connectivity index (χ3v) is 11.5. The fraction of sp³-hybridized carbons (Fsp3) is 0.561. The predicted octanol–water partition coefficient (Wildman–Crippen LogP) is 4.20. The van der Waals surface area contributed by atoms with Gasteiger partial charge in [-0.1, -0.05) is 57.2 Å². The van der Waals surface area contributed by atoms with E-state index in [-0.39, 0.29) is 44.7 Å². The van der Waals surface area contributed by atoms with Gasteiger partial charge in [-0.2, -0.15) is 0 Å². The molecule has 5 rings (SSSR count). The van der Waals surface area contributed by atoms with E-state index in [1.54, 1.807) is 11.3 Å². The van der Waals surface area contributed by atoms with Crippen LogP contribution in [-0.2, 0) is 33.2 Å². The standard InChI is InChI=1S/C41H57BN4O9S/c1-26(28-10-12-29(13-11-28)35-27(2)43-25-56-35)44-37(49)33-22-31(47)23-46(33)38(50)36(39(3,4)5)45-34(48)24-52-19-18-51-20-21-53-32-16-14-30(15-17-32)42-54-40(6,7)41(8,9)55-42/h10-17,25-26,31,33,36,47H,18-24H2,1-9H3,(H,44,49)(H,45,48)/t26?,31-,33+,36?/m0/s1. The van der Waals surface area contributed by atoms with Gasteiger partial charge in [-0.05, 0) is 75.7 Å². The molecule has 2 aliphatic rings. The molecule has 3 aromatic rings. The second-order valence-corrected chi connectivity index (χ2v) is 17.4. The van der Waals surface area contributed by atoms with Gasteiger partial charge in [-0.3, -0.25) is 14.4 Å². The highest BCUT2D eigenvalue weighted by molar-refractivity contribution is 7.13. The second kappa shape index (κ2) is 18.2. The molecule has 0 saturated carbocycles. The normalized spacial score (nSPS) is 20.1. The second-order valence-electron chi connectivity index (χ2n) is 16.6. The molecule has 1 aromatic heterocycles. The number of aliphatic hydroxyl groups excluding tert-OH is 1. The number of aryl methyl sites for hydroxylation is 1. The average Bonchev–Trinajstić information content (AvgIpc) is 3.81. The molecule has 2 aromatic carbocycles. The lowest BCUT2D eigenvalue weighted by Crippen LogP contribution is -2.58. The Balaban J connectivity index is 1.03. The first kappa shape index (κ1) is 43.3. The fourth-order valence-electron chi connectivity index (χ4n) is 6.52. The van der Waals surface area contributed by atoms with Crippen LogP contribution in [0.3, 0.4) is 0 Å². The van der Waals surface area contributed by atoms with Crippen LogP contribution in [0.4, 0.5) is 0 Å². The molecule has 2 fully saturated rings. The van der Waals surface area contributed by atoms with Gasteiger partial charge in [0, 0.05) is 13.0 Å².